The van der Waals surface area contributed by atoms with Crippen molar-refractivity contribution in [3.05, 3.63) is 35.4 Å². The number of ether oxygens (including phenoxy) is 1. The van der Waals surface area contributed by atoms with E-state index in [1.807, 2.05) is 19.1 Å². The smallest absolute Gasteiger partial charge is 0.539 e. The third kappa shape index (κ3) is 6.72. The molecule has 0 fully saturated rings. The van der Waals surface area contributed by atoms with Gasteiger partial charge in [-0.05, 0) is 12.5 Å². The van der Waals surface area contributed by atoms with E-state index in [9.17, 15) is 18.8 Å². The molecule has 0 aliphatic heterocycles. The van der Waals surface area contributed by atoms with E-state index in [1.54, 1.807) is 12.1 Å². The Morgan fingerprint density at radius 2 is 1.96 bits per heavy atom. The van der Waals surface area contributed by atoms with Gasteiger partial charge < -0.3 is 14.8 Å². The van der Waals surface area contributed by atoms with Crippen molar-refractivity contribution in [1.29, 1.82) is 0 Å². The second kappa shape index (κ2) is 10.4. The van der Waals surface area contributed by atoms with Crippen molar-refractivity contribution in [3.8, 4) is 0 Å². The Balaban J connectivity index is 0.00000576. The Bertz CT molecular complexity index is 620. The van der Waals surface area contributed by atoms with Gasteiger partial charge in [0, 0.05) is 19.4 Å². The monoisotopic (exact) mass is 362 g/mol. The van der Waals surface area contributed by atoms with E-state index in [0.29, 0.717) is 0 Å². The third-order valence-corrected chi connectivity index (χ3v) is 3.59. The van der Waals surface area contributed by atoms with Gasteiger partial charge in [-0.3, -0.25) is 9.18 Å². The molecular weight excluding hydrogens is 340 g/mol. The summed E-state index contributed by atoms with van der Waals surface area (Å²) >= 11 is 0. The minimum Gasteiger partial charge on any atom is -0.539 e. The summed E-state index contributed by atoms with van der Waals surface area (Å²) in [5, 5.41) is 2.29. The summed E-state index contributed by atoms with van der Waals surface area (Å²) < 4.78 is 26.5. The van der Waals surface area contributed by atoms with Crippen LogP contribution in [0.4, 0.5) is 4.39 Å². The molecule has 7 heteroatoms. The van der Waals surface area contributed by atoms with Gasteiger partial charge in [0.2, 0.25) is 5.91 Å². The second-order valence-corrected chi connectivity index (χ2v) is 5.47. The van der Waals surface area contributed by atoms with E-state index in [1.165, 1.54) is 0 Å². The molecule has 0 aliphatic carbocycles. The van der Waals surface area contributed by atoms with Gasteiger partial charge in [-0.2, -0.15) is 0 Å². The van der Waals surface area contributed by atoms with Crippen molar-refractivity contribution in [3.63, 3.8) is 0 Å². The predicted octanol–water partition coefficient (Wildman–Crippen LogP) is -1.33. The van der Waals surface area contributed by atoms with Crippen LogP contribution in [0.3, 0.4) is 0 Å². The predicted molar refractivity (Wildman–Crippen MR) is 83.2 cm³/mol. The molecule has 1 N–H and O–H groups in total. The van der Waals surface area contributed by atoms with Gasteiger partial charge in [0.1, 0.15) is 6.04 Å². The van der Waals surface area contributed by atoms with Gasteiger partial charge in [0.15, 0.2) is 0 Å². The summed E-state index contributed by atoms with van der Waals surface area (Å²) in [6, 6.07) is 6.17. The number of esters is 1. The number of alkyl halides is 1. The van der Waals surface area contributed by atoms with Crippen LogP contribution >= 0.6 is 0 Å². The van der Waals surface area contributed by atoms with Crippen molar-refractivity contribution in [2.45, 2.75) is 38.9 Å². The molecule has 5 nitrogen and oxygen atoms in total. The molecule has 0 heterocycles. The maximum atomic E-state index is 14.1. The van der Waals surface area contributed by atoms with Gasteiger partial charge in [-0.15, -0.1) is 0 Å². The van der Waals surface area contributed by atoms with E-state index < -0.39 is 29.5 Å². The molecule has 0 spiro atoms. The minimum absolute atomic E-state index is 0. The fourth-order valence-electron chi connectivity index (χ4n) is 1.85. The Morgan fingerprint density at radius 3 is 2.42 bits per heavy atom. The Hall–Kier alpha value is -0.604. The summed E-state index contributed by atoms with van der Waals surface area (Å²) in [6.07, 6.45) is 1.17. The number of halogens is 1. The summed E-state index contributed by atoms with van der Waals surface area (Å²) in [7, 11) is 1.16. The first kappa shape index (κ1) is 21.4. The van der Waals surface area contributed by atoms with Crippen LogP contribution in [0.1, 0.15) is 26.3 Å². The van der Waals surface area contributed by atoms with Crippen molar-refractivity contribution < 1.29 is 76.3 Å². The fraction of sp³-hybridized carbons (Fsp3) is 0.471. The number of hydrogen-bond donors (Lipinski definition) is 1. The fourth-order valence-corrected chi connectivity index (χ4v) is 1.85. The number of hydrogen-bond acceptors (Lipinski definition) is 4. The van der Waals surface area contributed by atoms with Crippen LogP contribution < -0.4 is 56.7 Å². The van der Waals surface area contributed by atoms with Crippen LogP contribution in [0.15, 0.2) is 24.3 Å². The summed E-state index contributed by atoms with van der Waals surface area (Å²) in [5.41, 5.74) is -1.03. The Kier molecular flexibility index (Phi) is 9.29. The van der Waals surface area contributed by atoms with Crippen LogP contribution in [-0.4, -0.2) is 37.0 Å². The number of amides is 1. The number of methoxy groups -OCH3 is 1. The van der Waals surface area contributed by atoms with Crippen molar-refractivity contribution in [2.75, 3.05) is 7.11 Å². The normalized spacial score (nSPS) is 17.1. The zero-order valence-corrected chi connectivity index (χ0v) is 17.7. The first-order valence-electron chi connectivity index (χ1n) is 7.57. The van der Waals surface area contributed by atoms with Crippen LogP contribution in [0.2, 0.25) is 0 Å². The largest absolute Gasteiger partial charge is 1.00 e. The molecule has 1 amide bonds. The number of carbonyl (C=O) groups excluding carboxylic acids is 3. The van der Waals surface area contributed by atoms with E-state index in [2.05, 4.69) is 10.1 Å². The Labute approximate surface area is 185 Å². The topological polar surface area (TPSA) is 72.5 Å². The number of nitrogens with one attached hydrogen (secondary N) is 1. The van der Waals surface area contributed by atoms with E-state index >= 15 is 0 Å². The van der Waals surface area contributed by atoms with E-state index in [-0.39, 0.29) is 57.8 Å². The van der Waals surface area contributed by atoms with Gasteiger partial charge in [0.05, 0.1) is 7.11 Å². The van der Waals surface area contributed by atoms with Gasteiger partial charge >= 0.3 is 57.4 Å². The third-order valence-electron chi connectivity index (χ3n) is 3.59. The zero-order valence-electron chi connectivity index (χ0n) is 15.6. The Morgan fingerprint density at radius 1 is 1.42 bits per heavy atom. The SMILES string of the molecule is [2H]C(C)(C(=O)NC(Cc1ccc(C)cc1)C(=O)OC)C(C)(F)[C-]=O.[K+]. The molecule has 3 atom stereocenters. The first-order valence-corrected chi connectivity index (χ1v) is 7.07. The molecular formula is C17H21FKNO4. The molecule has 0 saturated carbocycles. The van der Waals surface area contributed by atoms with E-state index in [0.717, 1.165) is 38.4 Å². The van der Waals surface area contributed by atoms with Crippen LogP contribution in [0.25, 0.3) is 0 Å². The minimum atomic E-state index is -2.82. The quantitative estimate of drug-likeness (QED) is 0.371. The standard InChI is InChI=1S/C17H21FNO4.K/c1-11-5-7-13(8-6-11)9-14(16(22)23-4)19-15(21)12(2)17(3,18)10-20;/h5-8,12,14H,9H2,1-4H3,(H,19,21);/q-1;+1/i12D;. The average molecular weight is 362 g/mol. The maximum Gasteiger partial charge on any atom is 1.00 e. The average Bonchev–Trinajstić information content (AvgIpc) is 2.54. The molecule has 0 bridgehead atoms. The molecule has 3 unspecified atom stereocenters. The van der Waals surface area contributed by atoms with Crippen LogP contribution in [-0.2, 0) is 25.5 Å². The van der Waals surface area contributed by atoms with Crippen molar-refractivity contribution >= 4 is 18.2 Å². The van der Waals surface area contributed by atoms with Gasteiger partial charge in [-0.1, -0.05) is 43.7 Å². The summed E-state index contributed by atoms with van der Waals surface area (Å²) in [4.78, 5) is 34.8. The molecule has 126 valence electrons. The number of aryl methyl sites for hydroxylation is 1. The van der Waals surface area contributed by atoms with E-state index in [4.69, 9.17) is 1.37 Å². The van der Waals surface area contributed by atoms with Crippen molar-refractivity contribution in [2.24, 2.45) is 5.89 Å². The van der Waals surface area contributed by atoms with Gasteiger partial charge in [0.25, 0.3) is 0 Å². The second-order valence-electron chi connectivity index (χ2n) is 5.47. The summed E-state index contributed by atoms with van der Waals surface area (Å²) in [5.74, 6) is -4.26. The maximum absolute atomic E-state index is 14.1. The molecule has 24 heavy (non-hydrogen) atoms. The molecule has 0 aliphatic rings. The molecule has 0 saturated heterocycles. The zero-order chi connectivity index (χ0) is 18.5. The van der Waals surface area contributed by atoms with Crippen LogP contribution in [0.5, 0.6) is 0 Å². The molecule has 1 rings (SSSR count). The van der Waals surface area contributed by atoms with Crippen LogP contribution in [0, 0.1) is 12.8 Å². The summed E-state index contributed by atoms with van der Waals surface area (Å²) in [6.45, 7) is 3.65. The first-order chi connectivity index (χ1) is 11.0. The number of carbonyl (C=O) groups is 2. The molecule has 0 radical (unpaired) electrons. The molecule has 1 aromatic rings. The molecule has 1 aromatic carbocycles. The van der Waals surface area contributed by atoms with Gasteiger partial charge in [-0.25, -0.2) is 11.1 Å². The molecule has 0 aromatic heterocycles. The number of benzene rings is 1. The number of rotatable bonds is 7. The van der Waals surface area contributed by atoms with Crippen molar-refractivity contribution in [1.82, 2.24) is 5.32 Å².